The van der Waals surface area contributed by atoms with Gasteiger partial charge >= 0.3 is 0 Å². The zero-order valence-corrected chi connectivity index (χ0v) is 12.6. The molecule has 1 amide bonds. The molecule has 1 aromatic carbocycles. The van der Waals surface area contributed by atoms with Gasteiger partial charge in [0, 0.05) is 11.4 Å². The van der Waals surface area contributed by atoms with Gasteiger partial charge in [-0.1, -0.05) is 50.2 Å². The Labute approximate surface area is 123 Å². The molecular formula is C16H20N2OS. The molecule has 3 N–H and O–H groups in total. The zero-order chi connectivity index (χ0) is 14.6. The van der Waals surface area contributed by atoms with Crippen molar-refractivity contribution in [3.63, 3.8) is 0 Å². The summed E-state index contributed by atoms with van der Waals surface area (Å²) in [6.45, 7) is 4.66. The Kier molecular flexibility index (Phi) is 4.57. The third-order valence-corrected chi connectivity index (χ3v) is 4.48. The van der Waals surface area contributed by atoms with Crippen molar-refractivity contribution in [3.8, 4) is 0 Å². The lowest BCUT2D eigenvalue weighted by Gasteiger charge is -2.36. The summed E-state index contributed by atoms with van der Waals surface area (Å²) in [4.78, 5) is 13.4. The monoisotopic (exact) mass is 288 g/mol. The number of rotatable bonds is 6. The van der Waals surface area contributed by atoms with E-state index in [-0.39, 0.29) is 11.8 Å². The van der Waals surface area contributed by atoms with Crippen molar-refractivity contribution in [2.45, 2.75) is 25.9 Å². The standard InChI is InChI=1S/C16H20N2OS/c1-12(2)16(15(17)19,13-7-4-3-5-8-13)18-11-14-9-6-10-20-14/h3-10,12,18H,11H2,1-2H3,(H2,17,19). The van der Waals surface area contributed by atoms with Gasteiger partial charge in [-0.3, -0.25) is 10.1 Å². The summed E-state index contributed by atoms with van der Waals surface area (Å²) in [6, 6.07) is 13.8. The van der Waals surface area contributed by atoms with Gasteiger partial charge in [0.25, 0.3) is 0 Å². The van der Waals surface area contributed by atoms with E-state index in [4.69, 9.17) is 5.73 Å². The number of carbonyl (C=O) groups is 1. The SMILES string of the molecule is CC(C)C(NCc1cccs1)(C(N)=O)c1ccccc1. The normalized spacial score (nSPS) is 14.2. The van der Waals surface area contributed by atoms with E-state index in [1.807, 2.05) is 55.6 Å². The van der Waals surface area contributed by atoms with E-state index in [0.717, 1.165) is 5.56 Å². The van der Waals surface area contributed by atoms with Gasteiger partial charge in [-0.15, -0.1) is 11.3 Å². The fraction of sp³-hybridized carbons (Fsp3) is 0.312. The third kappa shape index (κ3) is 2.76. The van der Waals surface area contributed by atoms with Crippen LogP contribution in [0.4, 0.5) is 0 Å². The van der Waals surface area contributed by atoms with Crippen molar-refractivity contribution >= 4 is 17.2 Å². The first kappa shape index (κ1) is 14.8. The molecule has 20 heavy (non-hydrogen) atoms. The fourth-order valence-electron chi connectivity index (χ4n) is 2.49. The van der Waals surface area contributed by atoms with Crippen LogP contribution in [0.3, 0.4) is 0 Å². The van der Waals surface area contributed by atoms with E-state index in [9.17, 15) is 4.79 Å². The highest BCUT2D eigenvalue weighted by Crippen LogP contribution is 2.30. The van der Waals surface area contributed by atoms with E-state index >= 15 is 0 Å². The van der Waals surface area contributed by atoms with Crippen LogP contribution >= 0.6 is 11.3 Å². The number of carbonyl (C=O) groups excluding carboxylic acids is 1. The Morgan fingerprint density at radius 3 is 2.45 bits per heavy atom. The van der Waals surface area contributed by atoms with Crippen LogP contribution in [0, 0.1) is 5.92 Å². The van der Waals surface area contributed by atoms with E-state index in [1.165, 1.54) is 4.88 Å². The van der Waals surface area contributed by atoms with Crippen molar-refractivity contribution in [1.29, 1.82) is 0 Å². The van der Waals surface area contributed by atoms with Gasteiger partial charge in [-0.05, 0) is 22.9 Å². The van der Waals surface area contributed by atoms with Crippen LogP contribution in [0.5, 0.6) is 0 Å². The second-order valence-corrected chi connectivity index (χ2v) is 6.16. The van der Waals surface area contributed by atoms with E-state index < -0.39 is 5.54 Å². The van der Waals surface area contributed by atoms with Crippen molar-refractivity contribution < 1.29 is 4.79 Å². The van der Waals surface area contributed by atoms with Gasteiger partial charge in [0.05, 0.1) is 0 Å². The molecule has 2 rings (SSSR count). The molecule has 0 saturated heterocycles. The van der Waals surface area contributed by atoms with Crippen LogP contribution in [-0.4, -0.2) is 5.91 Å². The number of benzene rings is 1. The highest BCUT2D eigenvalue weighted by Gasteiger charge is 2.41. The summed E-state index contributed by atoms with van der Waals surface area (Å²) in [6.07, 6.45) is 0. The molecule has 1 unspecified atom stereocenters. The molecule has 3 nitrogen and oxygen atoms in total. The number of nitrogens with one attached hydrogen (secondary N) is 1. The molecule has 1 atom stereocenters. The van der Waals surface area contributed by atoms with E-state index in [0.29, 0.717) is 6.54 Å². The third-order valence-electron chi connectivity index (χ3n) is 3.61. The Balaban J connectivity index is 2.35. The van der Waals surface area contributed by atoms with E-state index in [2.05, 4.69) is 11.4 Å². The highest BCUT2D eigenvalue weighted by atomic mass is 32.1. The molecule has 0 aliphatic rings. The second kappa shape index (κ2) is 6.20. The number of thiophene rings is 1. The summed E-state index contributed by atoms with van der Waals surface area (Å²) in [7, 11) is 0. The quantitative estimate of drug-likeness (QED) is 0.858. The molecule has 1 aromatic heterocycles. The first-order valence-corrected chi connectivity index (χ1v) is 7.58. The molecule has 0 fully saturated rings. The lowest BCUT2D eigenvalue weighted by molar-refractivity contribution is -0.126. The fourth-order valence-corrected chi connectivity index (χ4v) is 3.14. The first-order valence-electron chi connectivity index (χ1n) is 6.70. The molecule has 1 heterocycles. The summed E-state index contributed by atoms with van der Waals surface area (Å²) in [5.41, 5.74) is 5.82. The van der Waals surface area contributed by atoms with Crippen LogP contribution in [-0.2, 0) is 16.9 Å². The smallest absolute Gasteiger partial charge is 0.242 e. The van der Waals surface area contributed by atoms with E-state index in [1.54, 1.807) is 11.3 Å². The Bertz CT molecular complexity index is 551. The molecule has 2 aromatic rings. The summed E-state index contributed by atoms with van der Waals surface area (Å²) >= 11 is 1.67. The minimum Gasteiger partial charge on any atom is -0.368 e. The zero-order valence-electron chi connectivity index (χ0n) is 11.8. The second-order valence-electron chi connectivity index (χ2n) is 5.13. The highest BCUT2D eigenvalue weighted by molar-refractivity contribution is 7.09. The summed E-state index contributed by atoms with van der Waals surface area (Å²) < 4.78 is 0. The lowest BCUT2D eigenvalue weighted by atomic mass is 9.79. The molecule has 4 heteroatoms. The average molecular weight is 288 g/mol. The van der Waals surface area contributed by atoms with Crippen molar-refractivity contribution in [1.82, 2.24) is 5.32 Å². The number of hydrogen-bond donors (Lipinski definition) is 2. The largest absolute Gasteiger partial charge is 0.368 e. The van der Waals surface area contributed by atoms with Crippen LogP contribution < -0.4 is 11.1 Å². The molecule has 0 bridgehead atoms. The first-order chi connectivity index (χ1) is 9.57. The maximum atomic E-state index is 12.2. The van der Waals surface area contributed by atoms with Crippen molar-refractivity contribution in [2.24, 2.45) is 11.7 Å². The van der Waals surface area contributed by atoms with Gasteiger partial charge in [-0.25, -0.2) is 0 Å². The van der Waals surface area contributed by atoms with Crippen LogP contribution in [0.2, 0.25) is 0 Å². The lowest BCUT2D eigenvalue weighted by Crippen LogP contribution is -2.55. The minimum atomic E-state index is -0.842. The molecule has 0 spiro atoms. The molecule has 106 valence electrons. The molecule has 0 aliphatic carbocycles. The van der Waals surface area contributed by atoms with Crippen molar-refractivity contribution in [3.05, 3.63) is 58.3 Å². The summed E-state index contributed by atoms with van der Waals surface area (Å²) in [5, 5.41) is 5.42. The number of amides is 1. The van der Waals surface area contributed by atoms with Crippen LogP contribution in [0.25, 0.3) is 0 Å². The number of hydrogen-bond acceptors (Lipinski definition) is 3. The predicted octanol–water partition coefficient (Wildman–Crippen LogP) is 2.87. The Morgan fingerprint density at radius 1 is 1.25 bits per heavy atom. The number of primary amides is 1. The number of nitrogens with two attached hydrogens (primary N) is 1. The van der Waals surface area contributed by atoms with Gasteiger partial charge < -0.3 is 5.73 Å². The van der Waals surface area contributed by atoms with Gasteiger partial charge in [0.1, 0.15) is 5.54 Å². The van der Waals surface area contributed by atoms with Crippen LogP contribution in [0.15, 0.2) is 47.8 Å². The Morgan fingerprint density at radius 2 is 1.95 bits per heavy atom. The minimum absolute atomic E-state index is 0.0577. The predicted molar refractivity (Wildman–Crippen MR) is 83.3 cm³/mol. The molecule has 0 aliphatic heterocycles. The van der Waals surface area contributed by atoms with Crippen molar-refractivity contribution in [2.75, 3.05) is 0 Å². The van der Waals surface area contributed by atoms with Gasteiger partial charge in [-0.2, -0.15) is 0 Å². The maximum Gasteiger partial charge on any atom is 0.242 e. The molecule has 0 radical (unpaired) electrons. The average Bonchev–Trinajstić information content (AvgIpc) is 2.93. The molecular weight excluding hydrogens is 268 g/mol. The summed E-state index contributed by atoms with van der Waals surface area (Å²) in [5.74, 6) is -0.280. The van der Waals surface area contributed by atoms with Crippen LogP contribution in [0.1, 0.15) is 24.3 Å². The van der Waals surface area contributed by atoms with Gasteiger partial charge in [0.15, 0.2) is 0 Å². The molecule has 0 saturated carbocycles. The maximum absolute atomic E-state index is 12.2. The van der Waals surface area contributed by atoms with Gasteiger partial charge in [0.2, 0.25) is 5.91 Å². The topological polar surface area (TPSA) is 55.1 Å². The Hall–Kier alpha value is -1.65.